The van der Waals surface area contributed by atoms with Crippen LogP contribution in [0.3, 0.4) is 0 Å². The molecule has 6 heteroatoms. The predicted octanol–water partition coefficient (Wildman–Crippen LogP) is 7.19. The average Bonchev–Trinajstić information content (AvgIpc) is 3.40. The second-order valence-electron chi connectivity index (χ2n) is 12.0. The number of nitrogens with zero attached hydrogens (tertiary/aromatic N) is 1. The van der Waals surface area contributed by atoms with Gasteiger partial charge in [0, 0.05) is 30.1 Å². The molecular formula is C36H54N4O2. The minimum Gasteiger partial charge on any atom is -0.361 e. The number of amides is 2. The van der Waals surface area contributed by atoms with Crippen LogP contribution in [0, 0.1) is 0 Å². The largest absolute Gasteiger partial charge is 0.361 e. The van der Waals surface area contributed by atoms with Crippen LogP contribution in [0.4, 0.5) is 0 Å². The molecule has 2 amide bonds. The molecule has 1 heterocycles. The zero-order chi connectivity index (χ0) is 30.0. The number of carbonyl (C=O) groups is 2. The van der Waals surface area contributed by atoms with Gasteiger partial charge in [-0.2, -0.15) is 0 Å². The van der Waals surface area contributed by atoms with Crippen LogP contribution in [0.5, 0.6) is 0 Å². The Labute approximate surface area is 254 Å². The molecule has 0 spiro atoms. The lowest BCUT2D eigenvalue weighted by Gasteiger charge is -2.26. The Bertz CT molecular complexity index is 1170. The van der Waals surface area contributed by atoms with Crippen molar-refractivity contribution < 1.29 is 9.59 Å². The number of carbonyl (C=O) groups excluding carboxylic acids is 2. The maximum atomic E-state index is 13.5. The quantitative estimate of drug-likeness (QED) is 0.118. The summed E-state index contributed by atoms with van der Waals surface area (Å²) in [4.78, 5) is 32.2. The molecule has 0 saturated heterocycles. The second-order valence-corrected chi connectivity index (χ2v) is 12.0. The smallest absolute Gasteiger partial charge is 0.242 e. The van der Waals surface area contributed by atoms with Gasteiger partial charge < -0.3 is 15.6 Å². The van der Waals surface area contributed by atoms with Gasteiger partial charge in [-0.05, 0) is 44.1 Å². The van der Waals surface area contributed by atoms with Crippen molar-refractivity contribution >= 4 is 22.7 Å². The molecule has 2 aromatic carbocycles. The van der Waals surface area contributed by atoms with Crippen LogP contribution in [0.15, 0.2) is 60.8 Å². The molecule has 2 atom stereocenters. The Hall–Kier alpha value is -3.12. The molecule has 6 nitrogen and oxygen atoms in total. The minimum absolute atomic E-state index is 0.117. The third kappa shape index (κ3) is 11.6. The lowest BCUT2D eigenvalue weighted by molar-refractivity contribution is -0.131. The van der Waals surface area contributed by atoms with Crippen molar-refractivity contribution in [1.29, 1.82) is 0 Å². The molecule has 3 rings (SSSR count). The number of para-hydroxylation sites is 1. The van der Waals surface area contributed by atoms with Gasteiger partial charge in [0.25, 0.3) is 0 Å². The van der Waals surface area contributed by atoms with Gasteiger partial charge in [-0.15, -0.1) is 0 Å². The summed E-state index contributed by atoms with van der Waals surface area (Å²) in [5.74, 6) is -0.247. The molecule has 0 unspecified atom stereocenters. The Morgan fingerprint density at radius 1 is 0.738 bits per heavy atom. The number of benzene rings is 2. The molecule has 0 bridgehead atoms. The van der Waals surface area contributed by atoms with E-state index < -0.39 is 6.04 Å². The van der Waals surface area contributed by atoms with E-state index in [9.17, 15) is 9.59 Å². The van der Waals surface area contributed by atoms with Crippen LogP contribution in [0.25, 0.3) is 10.9 Å². The molecule has 3 aromatic rings. The van der Waals surface area contributed by atoms with E-state index >= 15 is 0 Å². The van der Waals surface area contributed by atoms with Crippen molar-refractivity contribution in [1.82, 2.24) is 20.5 Å². The molecule has 1 aromatic heterocycles. The van der Waals surface area contributed by atoms with Gasteiger partial charge in [-0.3, -0.25) is 14.5 Å². The first kappa shape index (κ1) is 33.4. The molecule has 0 fully saturated rings. The third-order valence-corrected chi connectivity index (χ3v) is 8.26. The van der Waals surface area contributed by atoms with E-state index in [1.807, 2.05) is 73.7 Å². The summed E-state index contributed by atoms with van der Waals surface area (Å²) in [5, 5.41) is 7.32. The number of nitrogens with one attached hydrogen (secondary N) is 3. The number of hydrogen-bond donors (Lipinski definition) is 3. The highest BCUT2D eigenvalue weighted by molar-refractivity contribution is 5.91. The van der Waals surface area contributed by atoms with Gasteiger partial charge in [-0.1, -0.05) is 126 Å². The second kappa shape index (κ2) is 19.1. The van der Waals surface area contributed by atoms with Crippen molar-refractivity contribution in [2.24, 2.45) is 0 Å². The molecule has 42 heavy (non-hydrogen) atoms. The standard InChI is InChI=1S/C36H54N4O2/c1-4-5-6-7-8-9-10-11-12-13-14-20-25-37-35(41)33(27-30-28-38-32-24-19-18-23-31(30)32)39-36(42)34(40(2)3)26-29-21-16-15-17-22-29/h15-19,21-24,28,33-34,38H,4-14,20,25-27H2,1-3H3,(H,37,41)(H,39,42)/t33-,34-/m0/s1. The average molecular weight is 575 g/mol. The summed E-state index contributed by atoms with van der Waals surface area (Å²) in [6.07, 6.45) is 18.4. The molecule has 0 radical (unpaired) electrons. The van der Waals surface area contributed by atoms with E-state index in [1.54, 1.807) is 0 Å². The lowest BCUT2D eigenvalue weighted by Crippen LogP contribution is -2.54. The van der Waals surface area contributed by atoms with E-state index in [2.05, 4.69) is 28.6 Å². The van der Waals surface area contributed by atoms with Gasteiger partial charge in [0.15, 0.2) is 0 Å². The zero-order valence-corrected chi connectivity index (χ0v) is 26.3. The number of fused-ring (bicyclic) bond motifs is 1. The van der Waals surface area contributed by atoms with E-state index in [-0.39, 0.29) is 17.9 Å². The van der Waals surface area contributed by atoms with Crippen LogP contribution >= 0.6 is 0 Å². The highest BCUT2D eigenvalue weighted by Crippen LogP contribution is 2.20. The monoisotopic (exact) mass is 574 g/mol. The number of aromatic nitrogens is 1. The van der Waals surface area contributed by atoms with Crippen molar-refractivity contribution in [3.05, 3.63) is 71.9 Å². The van der Waals surface area contributed by atoms with Crippen molar-refractivity contribution in [3.8, 4) is 0 Å². The van der Waals surface area contributed by atoms with Crippen LogP contribution < -0.4 is 10.6 Å². The van der Waals surface area contributed by atoms with E-state index in [1.165, 1.54) is 64.2 Å². The van der Waals surface area contributed by atoms with Crippen molar-refractivity contribution in [2.75, 3.05) is 20.6 Å². The number of H-pyrrole nitrogens is 1. The number of rotatable bonds is 21. The van der Waals surface area contributed by atoms with Crippen LogP contribution in [-0.2, 0) is 22.4 Å². The fourth-order valence-corrected chi connectivity index (χ4v) is 5.65. The Morgan fingerprint density at radius 3 is 1.98 bits per heavy atom. The normalized spacial score (nSPS) is 12.9. The Kier molecular flexibility index (Phi) is 15.2. The van der Waals surface area contributed by atoms with Gasteiger partial charge in [0.1, 0.15) is 6.04 Å². The van der Waals surface area contributed by atoms with Crippen LogP contribution in [0.2, 0.25) is 0 Å². The summed E-state index contributed by atoms with van der Waals surface area (Å²) >= 11 is 0. The summed E-state index contributed by atoms with van der Waals surface area (Å²) in [5.41, 5.74) is 3.15. The van der Waals surface area contributed by atoms with Gasteiger partial charge >= 0.3 is 0 Å². The predicted molar refractivity (Wildman–Crippen MR) is 176 cm³/mol. The highest BCUT2D eigenvalue weighted by Gasteiger charge is 2.28. The fraction of sp³-hybridized carbons (Fsp3) is 0.556. The fourth-order valence-electron chi connectivity index (χ4n) is 5.65. The van der Waals surface area contributed by atoms with E-state index in [4.69, 9.17) is 0 Å². The summed E-state index contributed by atoms with van der Waals surface area (Å²) in [7, 11) is 3.82. The lowest BCUT2D eigenvalue weighted by atomic mass is 10.0. The topological polar surface area (TPSA) is 77.2 Å². The SMILES string of the molecule is CCCCCCCCCCCCCCNC(=O)[C@H](Cc1c[nH]c2ccccc12)NC(=O)[C@H](Cc1ccccc1)N(C)C. The Morgan fingerprint density at radius 2 is 1.33 bits per heavy atom. The molecule has 0 saturated carbocycles. The van der Waals surface area contributed by atoms with Crippen molar-refractivity contribution in [3.63, 3.8) is 0 Å². The molecular weight excluding hydrogens is 520 g/mol. The maximum absolute atomic E-state index is 13.5. The van der Waals surface area contributed by atoms with Gasteiger partial charge in [-0.25, -0.2) is 0 Å². The van der Waals surface area contributed by atoms with Crippen LogP contribution in [0.1, 0.15) is 95.1 Å². The zero-order valence-electron chi connectivity index (χ0n) is 26.3. The highest BCUT2D eigenvalue weighted by atomic mass is 16.2. The number of unbranched alkanes of at least 4 members (excludes halogenated alkanes) is 11. The molecule has 0 aliphatic rings. The molecule has 3 N–H and O–H groups in total. The number of aromatic amines is 1. The Balaban J connectivity index is 1.50. The summed E-state index contributed by atoms with van der Waals surface area (Å²) in [6.45, 7) is 2.90. The van der Waals surface area contributed by atoms with E-state index in [0.717, 1.165) is 34.9 Å². The van der Waals surface area contributed by atoms with Crippen LogP contribution in [-0.4, -0.2) is 54.4 Å². The van der Waals surface area contributed by atoms with E-state index in [0.29, 0.717) is 19.4 Å². The number of likely N-dealkylation sites (N-methyl/N-ethyl adjacent to an activating group) is 1. The van der Waals surface area contributed by atoms with Gasteiger partial charge in [0.05, 0.1) is 6.04 Å². The summed E-state index contributed by atoms with van der Waals surface area (Å²) in [6, 6.07) is 17.1. The maximum Gasteiger partial charge on any atom is 0.242 e. The van der Waals surface area contributed by atoms with Crippen molar-refractivity contribution in [2.45, 2.75) is 109 Å². The minimum atomic E-state index is -0.646. The first-order chi connectivity index (χ1) is 20.5. The summed E-state index contributed by atoms with van der Waals surface area (Å²) < 4.78 is 0. The number of hydrogen-bond acceptors (Lipinski definition) is 3. The first-order valence-corrected chi connectivity index (χ1v) is 16.3. The van der Waals surface area contributed by atoms with Gasteiger partial charge in [0.2, 0.25) is 11.8 Å². The molecule has 230 valence electrons. The first-order valence-electron chi connectivity index (χ1n) is 16.3. The molecule has 0 aliphatic carbocycles. The third-order valence-electron chi connectivity index (χ3n) is 8.26. The molecule has 0 aliphatic heterocycles.